The van der Waals surface area contributed by atoms with E-state index in [1.807, 2.05) is 35.3 Å². The van der Waals surface area contributed by atoms with Crippen molar-refractivity contribution in [1.29, 1.82) is 0 Å². The molecule has 0 bridgehead atoms. The minimum absolute atomic E-state index is 0.132. The Morgan fingerprint density at radius 3 is 2.39 bits per heavy atom. The summed E-state index contributed by atoms with van der Waals surface area (Å²) in [6, 6.07) is 12.1. The summed E-state index contributed by atoms with van der Waals surface area (Å²) < 4.78 is 1.40. The van der Waals surface area contributed by atoms with Crippen molar-refractivity contribution in [3.05, 3.63) is 75.8 Å². The Hall–Kier alpha value is -2.32. The highest BCUT2D eigenvalue weighted by molar-refractivity contribution is 6.36. The Bertz CT molecular complexity index is 979. The van der Waals surface area contributed by atoms with Gasteiger partial charge in [-0.3, -0.25) is 15.2 Å². The quantitative estimate of drug-likeness (QED) is 0.649. The van der Waals surface area contributed by atoms with E-state index >= 15 is 0 Å². The molecule has 4 rings (SSSR count). The van der Waals surface area contributed by atoms with E-state index in [9.17, 15) is 4.79 Å². The first-order chi connectivity index (χ1) is 13.5. The maximum Gasteiger partial charge on any atom is 0.257 e. The number of aromatic nitrogens is 3. The van der Waals surface area contributed by atoms with Crippen LogP contribution in [0.4, 0.5) is 5.69 Å². The highest BCUT2D eigenvalue weighted by Crippen LogP contribution is 2.39. The summed E-state index contributed by atoms with van der Waals surface area (Å²) in [5.41, 5.74) is 7.71. The number of hydrogen-bond donors (Lipinski definition) is 2. The number of benzene rings is 2. The first-order valence-corrected chi connectivity index (χ1v) is 9.56. The second-order valence-electron chi connectivity index (χ2n) is 6.30. The molecule has 1 saturated heterocycles. The molecule has 1 amide bonds. The average Bonchev–Trinajstić information content (AvgIpc) is 3.32. The molecule has 0 spiro atoms. The maximum absolute atomic E-state index is 12.7. The van der Waals surface area contributed by atoms with Crippen LogP contribution in [0.5, 0.6) is 0 Å². The van der Waals surface area contributed by atoms with Crippen LogP contribution in [0.25, 0.3) is 0 Å². The number of carbonyl (C=O) groups is 1. The Balaban J connectivity index is 1.64. The van der Waals surface area contributed by atoms with Crippen LogP contribution in [0.15, 0.2) is 55.1 Å². The van der Waals surface area contributed by atoms with E-state index in [0.29, 0.717) is 21.5 Å². The van der Waals surface area contributed by atoms with Crippen molar-refractivity contribution >= 4 is 46.4 Å². The standard InChI is InChI=1S/C18H15Cl3N6O/c19-12-3-1-11(2-4-12)17-8-15(18(28)25-26-9-22-23-10-26)24-27(17)16-6-5-13(20)7-14(16)21/h1-7,9-10,15,17,24H,8H2,(H,25,28). The van der Waals surface area contributed by atoms with Gasteiger partial charge in [0.05, 0.1) is 16.8 Å². The van der Waals surface area contributed by atoms with Gasteiger partial charge in [0.25, 0.3) is 5.91 Å². The van der Waals surface area contributed by atoms with Crippen LogP contribution in [-0.4, -0.2) is 26.8 Å². The fourth-order valence-corrected chi connectivity index (χ4v) is 3.78. The van der Waals surface area contributed by atoms with Gasteiger partial charge in [-0.1, -0.05) is 46.9 Å². The molecule has 1 aliphatic rings. The number of nitrogens with one attached hydrogen (secondary N) is 2. The zero-order chi connectivity index (χ0) is 19.7. The van der Waals surface area contributed by atoms with Crippen LogP contribution in [0, 0.1) is 0 Å². The van der Waals surface area contributed by atoms with Gasteiger partial charge in [-0.2, -0.15) is 0 Å². The number of nitrogens with zero attached hydrogens (tertiary/aromatic N) is 4. The molecule has 0 saturated carbocycles. The minimum atomic E-state index is -0.491. The van der Waals surface area contributed by atoms with Crippen LogP contribution in [0.1, 0.15) is 18.0 Å². The first-order valence-electron chi connectivity index (χ1n) is 8.42. The topological polar surface area (TPSA) is 75.1 Å². The van der Waals surface area contributed by atoms with Crippen LogP contribution in [0.2, 0.25) is 15.1 Å². The molecule has 0 aliphatic carbocycles. The van der Waals surface area contributed by atoms with Gasteiger partial charge in [0.15, 0.2) is 0 Å². The van der Waals surface area contributed by atoms with Gasteiger partial charge in [0, 0.05) is 10.0 Å². The molecule has 3 aromatic rings. The zero-order valence-electron chi connectivity index (χ0n) is 14.4. The molecule has 1 aliphatic heterocycles. The van der Waals surface area contributed by atoms with Gasteiger partial charge in [-0.25, -0.2) is 10.1 Å². The van der Waals surface area contributed by atoms with Crippen LogP contribution < -0.4 is 15.9 Å². The Labute approximate surface area is 176 Å². The van der Waals surface area contributed by atoms with Crippen molar-refractivity contribution in [2.75, 3.05) is 10.4 Å². The number of anilines is 1. The molecule has 10 heteroatoms. The Morgan fingerprint density at radius 1 is 1.04 bits per heavy atom. The highest BCUT2D eigenvalue weighted by Gasteiger charge is 2.37. The second-order valence-corrected chi connectivity index (χ2v) is 7.58. The minimum Gasteiger partial charge on any atom is -0.299 e. The molecule has 2 heterocycles. The number of carbonyl (C=O) groups excluding carboxylic acids is 1. The molecular formula is C18H15Cl3N6O. The summed E-state index contributed by atoms with van der Waals surface area (Å²) in [6.45, 7) is 0. The molecule has 0 radical (unpaired) electrons. The predicted octanol–water partition coefficient (Wildman–Crippen LogP) is 3.83. The zero-order valence-corrected chi connectivity index (χ0v) is 16.7. The monoisotopic (exact) mass is 436 g/mol. The number of halogens is 3. The molecule has 1 fully saturated rings. The van der Waals surface area contributed by atoms with Gasteiger partial charge in [-0.15, -0.1) is 10.2 Å². The molecule has 2 aromatic carbocycles. The van der Waals surface area contributed by atoms with Crippen molar-refractivity contribution in [1.82, 2.24) is 20.3 Å². The van der Waals surface area contributed by atoms with Gasteiger partial charge >= 0.3 is 0 Å². The van der Waals surface area contributed by atoms with Crippen LogP contribution >= 0.6 is 34.8 Å². The van der Waals surface area contributed by atoms with Crippen molar-refractivity contribution in [2.45, 2.75) is 18.5 Å². The third-order valence-electron chi connectivity index (χ3n) is 4.46. The third kappa shape index (κ3) is 3.93. The molecule has 2 N–H and O–H groups in total. The van der Waals surface area contributed by atoms with Gasteiger partial charge in [0.1, 0.15) is 18.7 Å². The molecule has 28 heavy (non-hydrogen) atoms. The van der Waals surface area contributed by atoms with E-state index in [2.05, 4.69) is 21.0 Å². The summed E-state index contributed by atoms with van der Waals surface area (Å²) in [5.74, 6) is -0.216. The number of hydrogen-bond acceptors (Lipinski definition) is 5. The molecular weight excluding hydrogens is 423 g/mol. The second kappa shape index (κ2) is 7.97. The van der Waals surface area contributed by atoms with Crippen molar-refractivity contribution in [3.63, 3.8) is 0 Å². The smallest absolute Gasteiger partial charge is 0.257 e. The lowest BCUT2D eigenvalue weighted by Gasteiger charge is -2.27. The molecule has 7 nitrogen and oxygen atoms in total. The molecule has 1 aromatic heterocycles. The first kappa shape index (κ1) is 19.0. The molecule has 144 valence electrons. The average molecular weight is 438 g/mol. The molecule has 2 atom stereocenters. The lowest BCUT2D eigenvalue weighted by molar-refractivity contribution is -0.118. The molecule has 2 unspecified atom stereocenters. The number of rotatable bonds is 4. The fourth-order valence-electron chi connectivity index (χ4n) is 3.15. The lowest BCUT2D eigenvalue weighted by atomic mass is 10.0. The maximum atomic E-state index is 12.7. The largest absolute Gasteiger partial charge is 0.299 e. The number of amides is 1. The Morgan fingerprint density at radius 2 is 1.71 bits per heavy atom. The predicted molar refractivity (Wildman–Crippen MR) is 109 cm³/mol. The van der Waals surface area contributed by atoms with Gasteiger partial charge in [0.2, 0.25) is 0 Å². The van der Waals surface area contributed by atoms with E-state index in [1.165, 1.54) is 17.3 Å². The summed E-state index contributed by atoms with van der Waals surface area (Å²) >= 11 is 18.5. The van der Waals surface area contributed by atoms with E-state index in [-0.39, 0.29) is 11.9 Å². The van der Waals surface area contributed by atoms with Crippen molar-refractivity contribution in [3.8, 4) is 0 Å². The van der Waals surface area contributed by atoms with Gasteiger partial charge in [-0.05, 0) is 42.3 Å². The van der Waals surface area contributed by atoms with E-state index in [4.69, 9.17) is 34.8 Å². The van der Waals surface area contributed by atoms with Crippen molar-refractivity contribution < 1.29 is 4.79 Å². The summed E-state index contributed by atoms with van der Waals surface area (Å²) in [6.07, 6.45) is 3.35. The van der Waals surface area contributed by atoms with E-state index in [0.717, 1.165) is 11.3 Å². The van der Waals surface area contributed by atoms with E-state index < -0.39 is 6.04 Å². The fraction of sp³-hybridized carbons (Fsp3) is 0.167. The van der Waals surface area contributed by atoms with Crippen LogP contribution in [0.3, 0.4) is 0 Å². The van der Waals surface area contributed by atoms with E-state index in [1.54, 1.807) is 12.1 Å². The SMILES string of the molecule is O=C(Nn1cnnc1)C1CC(c2ccc(Cl)cc2)N(c2ccc(Cl)cc2Cl)N1. The third-order valence-corrected chi connectivity index (χ3v) is 5.25. The van der Waals surface area contributed by atoms with Crippen molar-refractivity contribution in [2.24, 2.45) is 0 Å². The normalized spacial score (nSPS) is 19.0. The summed E-state index contributed by atoms with van der Waals surface area (Å²) in [5, 5.41) is 10.9. The number of hydrazine groups is 1. The summed E-state index contributed by atoms with van der Waals surface area (Å²) in [4.78, 5) is 12.7. The lowest BCUT2D eigenvalue weighted by Crippen LogP contribution is -2.44. The highest BCUT2D eigenvalue weighted by atomic mass is 35.5. The van der Waals surface area contributed by atoms with Crippen LogP contribution in [-0.2, 0) is 4.79 Å². The Kier molecular flexibility index (Phi) is 5.41. The summed E-state index contributed by atoms with van der Waals surface area (Å²) in [7, 11) is 0. The van der Waals surface area contributed by atoms with Gasteiger partial charge < -0.3 is 0 Å².